The molecule has 0 atom stereocenters. The van der Waals surface area contributed by atoms with Crippen molar-refractivity contribution in [1.29, 1.82) is 0 Å². The molecule has 4 heteroatoms. The molecule has 0 saturated heterocycles. The van der Waals surface area contributed by atoms with Crippen LogP contribution >= 0.6 is 27.3 Å². The maximum atomic E-state index is 3.49. The van der Waals surface area contributed by atoms with Gasteiger partial charge in [0.1, 0.15) is 0 Å². The van der Waals surface area contributed by atoms with Gasteiger partial charge in [0.15, 0.2) is 0 Å². The van der Waals surface area contributed by atoms with Crippen LogP contribution in [0.25, 0.3) is 0 Å². The molecular weight excluding hydrogens is 272 g/mol. The minimum atomic E-state index is 1.05. The van der Waals surface area contributed by atoms with E-state index in [1.165, 1.54) is 15.8 Å². The van der Waals surface area contributed by atoms with Crippen LogP contribution in [-0.2, 0) is 6.54 Å². The Labute approximate surface area is 105 Å². The molecular formula is C11H19BrN2S. The molecule has 86 valence electrons. The van der Waals surface area contributed by atoms with Crippen LogP contribution in [0.3, 0.4) is 0 Å². The Bertz CT molecular complexity index is 275. The zero-order chi connectivity index (χ0) is 11.1. The molecule has 15 heavy (non-hydrogen) atoms. The van der Waals surface area contributed by atoms with Gasteiger partial charge >= 0.3 is 0 Å². The number of rotatable bonds is 7. The van der Waals surface area contributed by atoms with Gasteiger partial charge < -0.3 is 10.2 Å². The van der Waals surface area contributed by atoms with Crippen molar-refractivity contribution >= 4 is 27.3 Å². The number of hydrogen-bond donors (Lipinski definition) is 1. The summed E-state index contributed by atoms with van der Waals surface area (Å²) in [6.45, 7) is 6.54. The van der Waals surface area contributed by atoms with Gasteiger partial charge in [-0.25, -0.2) is 0 Å². The number of hydrogen-bond acceptors (Lipinski definition) is 3. The monoisotopic (exact) mass is 290 g/mol. The molecule has 0 bridgehead atoms. The average Bonchev–Trinajstić information content (AvgIpc) is 2.59. The highest BCUT2D eigenvalue weighted by molar-refractivity contribution is 9.11. The Balaban J connectivity index is 2.15. The fourth-order valence-corrected chi connectivity index (χ4v) is 2.67. The predicted molar refractivity (Wildman–Crippen MR) is 71.5 cm³/mol. The zero-order valence-corrected chi connectivity index (χ0v) is 11.8. The van der Waals surface area contributed by atoms with Crippen LogP contribution in [-0.4, -0.2) is 31.6 Å². The molecule has 0 unspecified atom stereocenters. The molecule has 0 saturated carbocycles. The third kappa shape index (κ3) is 5.66. The third-order valence-electron chi connectivity index (χ3n) is 2.22. The molecule has 0 aliphatic carbocycles. The summed E-state index contributed by atoms with van der Waals surface area (Å²) in [4.78, 5) is 2.37. The highest BCUT2D eigenvalue weighted by Crippen LogP contribution is 2.21. The van der Waals surface area contributed by atoms with Gasteiger partial charge in [-0.1, -0.05) is 6.92 Å². The minimum absolute atomic E-state index is 1.05. The first-order valence-electron chi connectivity index (χ1n) is 5.34. The molecule has 1 aromatic rings. The molecule has 1 rings (SSSR count). The smallest absolute Gasteiger partial charge is 0.0701 e. The van der Waals surface area contributed by atoms with E-state index < -0.39 is 0 Å². The van der Waals surface area contributed by atoms with Crippen LogP contribution in [0.2, 0.25) is 0 Å². The van der Waals surface area contributed by atoms with Gasteiger partial charge in [0.25, 0.3) is 0 Å². The molecule has 2 nitrogen and oxygen atoms in total. The molecule has 1 heterocycles. The van der Waals surface area contributed by atoms with E-state index in [9.17, 15) is 0 Å². The van der Waals surface area contributed by atoms with Crippen LogP contribution in [0.15, 0.2) is 15.2 Å². The minimum Gasteiger partial charge on any atom is -0.317 e. The van der Waals surface area contributed by atoms with Crippen molar-refractivity contribution in [2.75, 3.05) is 26.7 Å². The second-order valence-electron chi connectivity index (χ2n) is 3.70. The lowest BCUT2D eigenvalue weighted by Crippen LogP contribution is -2.23. The highest BCUT2D eigenvalue weighted by atomic mass is 79.9. The zero-order valence-electron chi connectivity index (χ0n) is 9.42. The van der Waals surface area contributed by atoms with Gasteiger partial charge in [-0.2, -0.15) is 0 Å². The van der Waals surface area contributed by atoms with Gasteiger partial charge in [-0.15, -0.1) is 11.3 Å². The lowest BCUT2D eigenvalue weighted by atomic mass is 10.3. The normalized spacial score (nSPS) is 11.2. The molecule has 0 aliphatic rings. The number of nitrogens with zero attached hydrogens (tertiary/aromatic N) is 1. The Morgan fingerprint density at radius 2 is 2.33 bits per heavy atom. The summed E-state index contributed by atoms with van der Waals surface area (Å²) in [5.41, 5.74) is 1.40. The van der Waals surface area contributed by atoms with E-state index in [2.05, 4.69) is 51.6 Å². The summed E-state index contributed by atoms with van der Waals surface area (Å²) in [7, 11) is 2.18. The molecule has 0 aromatic carbocycles. The summed E-state index contributed by atoms with van der Waals surface area (Å²) in [5, 5.41) is 5.55. The topological polar surface area (TPSA) is 15.3 Å². The summed E-state index contributed by atoms with van der Waals surface area (Å²) < 4.78 is 1.22. The predicted octanol–water partition coefficient (Wildman–Crippen LogP) is 2.94. The second-order valence-corrected chi connectivity index (χ2v) is 5.99. The third-order valence-corrected chi connectivity index (χ3v) is 3.77. The Morgan fingerprint density at radius 3 is 2.93 bits per heavy atom. The van der Waals surface area contributed by atoms with Crippen LogP contribution in [0.5, 0.6) is 0 Å². The maximum Gasteiger partial charge on any atom is 0.0701 e. The number of nitrogens with one attached hydrogen (secondary N) is 1. The van der Waals surface area contributed by atoms with Gasteiger partial charge in [0.2, 0.25) is 0 Å². The van der Waals surface area contributed by atoms with Crippen molar-refractivity contribution in [3.63, 3.8) is 0 Å². The van der Waals surface area contributed by atoms with Crippen molar-refractivity contribution in [2.24, 2.45) is 0 Å². The maximum absolute atomic E-state index is 3.49. The van der Waals surface area contributed by atoms with Crippen LogP contribution in [0, 0.1) is 0 Å². The van der Waals surface area contributed by atoms with Crippen molar-refractivity contribution in [3.8, 4) is 0 Å². The van der Waals surface area contributed by atoms with E-state index in [0.29, 0.717) is 0 Å². The summed E-state index contributed by atoms with van der Waals surface area (Å²) >= 11 is 5.24. The molecule has 0 amide bonds. The van der Waals surface area contributed by atoms with E-state index in [4.69, 9.17) is 0 Å². The average molecular weight is 291 g/mol. The summed E-state index contributed by atoms with van der Waals surface area (Å²) in [6.07, 6.45) is 1.22. The highest BCUT2D eigenvalue weighted by Gasteiger charge is 2.01. The summed E-state index contributed by atoms with van der Waals surface area (Å²) in [5.74, 6) is 0. The molecule has 0 spiro atoms. The first-order chi connectivity index (χ1) is 7.22. The van der Waals surface area contributed by atoms with E-state index in [0.717, 1.165) is 26.2 Å². The quantitative estimate of drug-likeness (QED) is 0.777. The van der Waals surface area contributed by atoms with E-state index >= 15 is 0 Å². The van der Waals surface area contributed by atoms with Gasteiger partial charge in [-0.3, -0.25) is 0 Å². The van der Waals surface area contributed by atoms with Crippen LogP contribution < -0.4 is 5.32 Å². The van der Waals surface area contributed by atoms with Crippen LogP contribution in [0.1, 0.15) is 18.9 Å². The van der Waals surface area contributed by atoms with Crippen molar-refractivity contribution in [1.82, 2.24) is 10.2 Å². The molecule has 0 fully saturated rings. The SMILES string of the molecule is CCNCCCN(C)Cc1csc(Br)c1. The number of thiophene rings is 1. The first kappa shape index (κ1) is 13.2. The lowest BCUT2D eigenvalue weighted by Gasteiger charge is -2.15. The fraction of sp³-hybridized carbons (Fsp3) is 0.636. The van der Waals surface area contributed by atoms with Crippen molar-refractivity contribution in [3.05, 3.63) is 20.8 Å². The summed E-state index contributed by atoms with van der Waals surface area (Å²) in [6, 6.07) is 2.20. The second kappa shape index (κ2) is 7.39. The molecule has 1 aromatic heterocycles. The molecule has 0 aliphatic heterocycles. The molecule has 1 N–H and O–H groups in total. The van der Waals surface area contributed by atoms with Gasteiger partial charge in [0.05, 0.1) is 3.79 Å². The Kier molecular flexibility index (Phi) is 6.48. The van der Waals surface area contributed by atoms with E-state index in [-0.39, 0.29) is 0 Å². The van der Waals surface area contributed by atoms with Crippen LogP contribution in [0.4, 0.5) is 0 Å². The largest absolute Gasteiger partial charge is 0.317 e. The van der Waals surface area contributed by atoms with E-state index in [1.807, 2.05) is 0 Å². The Morgan fingerprint density at radius 1 is 1.53 bits per heavy atom. The Hall–Kier alpha value is 0.100. The van der Waals surface area contributed by atoms with Gasteiger partial charge in [0, 0.05) is 6.54 Å². The van der Waals surface area contributed by atoms with E-state index in [1.54, 1.807) is 11.3 Å². The number of halogens is 1. The lowest BCUT2D eigenvalue weighted by molar-refractivity contribution is 0.320. The van der Waals surface area contributed by atoms with Gasteiger partial charge in [-0.05, 0) is 66.0 Å². The first-order valence-corrected chi connectivity index (χ1v) is 7.01. The van der Waals surface area contributed by atoms with Crippen molar-refractivity contribution in [2.45, 2.75) is 19.9 Å². The molecule has 0 radical (unpaired) electrons. The standard InChI is InChI=1S/C11H19BrN2S/c1-3-13-5-4-6-14(2)8-10-7-11(12)15-9-10/h7,9,13H,3-6,8H2,1-2H3. The van der Waals surface area contributed by atoms with Crippen molar-refractivity contribution < 1.29 is 0 Å². The fourth-order valence-electron chi connectivity index (χ4n) is 1.47.